The number of hydrogen-bond donors (Lipinski definition) is 2. The highest BCUT2D eigenvalue weighted by atomic mass is 16.7. The van der Waals surface area contributed by atoms with E-state index in [0.29, 0.717) is 49.8 Å². The number of nitrogens with one attached hydrogen (secondary N) is 2. The van der Waals surface area contributed by atoms with E-state index in [4.69, 9.17) is 33.2 Å². The van der Waals surface area contributed by atoms with Gasteiger partial charge in [-0.25, -0.2) is 19.2 Å². The monoisotopic (exact) mass is 1050 g/mol. The zero-order valence-electron chi connectivity index (χ0n) is 49.6. The van der Waals surface area contributed by atoms with E-state index in [2.05, 4.69) is 145 Å². The minimum absolute atomic E-state index is 0.0840. The zero-order valence-corrected chi connectivity index (χ0v) is 49.6. The highest BCUT2D eigenvalue weighted by Gasteiger charge is 2.52. The van der Waals surface area contributed by atoms with Crippen LogP contribution in [0.3, 0.4) is 0 Å². The second kappa shape index (κ2) is 22.3. The standard InChI is InChI=1S/C31H48N2O5.C29H50N2O6/c1-28(2)17-23(18-29(3,4)32(28)9)37-26(34)25(16-21-12-14-22(36-11)15-13-21)27(35)38-24-19-30(5,6)33(10)31(7,8)20-24;1-25(2)15-19(16-26(3,4)30-25)34-23(32)21-14-22(37-29(36-21)12-10-9-11-13-29)24(33)35-20-17-27(5,6)31-28(7,8)18-20/h12-16,23-24H,17-20H2,1-11H3;19-22,30-31H,9-18H2,1-8H3. The van der Waals surface area contributed by atoms with Gasteiger partial charge < -0.3 is 43.8 Å². The van der Waals surface area contributed by atoms with Gasteiger partial charge in [0, 0.05) is 115 Å². The molecule has 75 heavy (non-hydrogen) atoms. The molecule has 5 heterocycles. The first-order chi connectivity index (χ1) is 34.3. The number of ether oxygens (including phenoxy) is 7. The Morgan fingerprint density at radius 2 is 0.840 bits per heavy atom. The number of nitrogens with zero attached hydrogens (tertiary/aromatic N) is 2. The summed E-state index contributed by atoms with van der Waals surface area (Å²) in [6.07, 6.45) is 8.91. The summed E-state index contributed by atoms with van der Waals surface area (Å²) in [6.45, 7) is 34.3. The molecule has 6 fully saturated rings. The van der Waals surface area contributed by atoms with Gasteiger partial charge in [0.1, 0.15) is 35.7 Å². The van der Waals surface area contributed by atoms with Crippen molar-refractivity contribution >= 4 is 30.0 Å². The van der Waals surface area contributed by atoms with Crippen molar-refractivity contribution < 1.29 is 52.3 Å². The van der Waals surface area contributed by atoms with Gasteiger partial charge in [0.25, 0.3) is 0 Å². The molecule has 1 aliphatic carbocycles. The molecule has 15 nitrogen and oxygen atoms in total. The van der Waals surface area contributed by atoms with Gasteiger partial charge in [0.2, 0.25) is 0 Å². The summed E-state index contributed by atoms with van der Waals surface area (Å²) in [4.78, 5) is 58.8. The van der Waals surface area contributed by atoms with Gasteiger partial charge in [-0.15, -0.1) is 0 Å². The van der Waals surface area contributed by atoms with Crippen molar-refractivity contribution in [1.82, 2.24) is 20.4 Å². The molecule has 2 unspecified atom stereocenters. The molecule has 1 spiro atoms. The van der Waals surface area contributed by atoms with Crippen molar-refractivity contribution in [3.05, 3.63) is 35.4 Å². The lowest BCUT2D eigenvalue weighted by Gasteiger charge is -2.53. The fourth-order valence-electron chi connectivity index (χ4n) is 13.8. The minimum atomic E-state index is -0.927. The molecule has 2 N–H and O–H groups in total. The topological polar surface area (TPSA) is 163 Å². The van der Waals surface area contributed by atoms with Crippen LogP contribution in [0.2, 0.25) is 0 Å². The summed E-state index contributed by atoms with van der Waals surface area (Å²) in [5, 5.41) is 7.25. The molecule has 0 amide bonds. The van der Waals surface area contributed by atoms with Crippen molar-refractivity contribution in [2.45, 2.75) is 287 Å². The van der Waals surface area contributed by atoms with Crippen LogP contribution >= 0.6 is 0 Å². The van der Waals surface area contributed by atoms with E-state index in [9.17, 15) is 19.2 Å². The average Bonchev–Trinajstić information content (AvgIpc) is 3.24. The summed E-state index contributed by atoms with van der Waals surface area (Å²) < 4.78 is 42.1. The van der Waals surface area contributed by atoms with E-state index in [1.54, 1.807) is 25.3 Å². The van der Waals surface area contributed by atoms with E-state index < -0.39 is 41.9 Å². The van der Waals surface area contributed by atoms with Crippen molar-refractivity contribution in [2.24, 2.45) is 0 Å². The van der Waals surface area contributed by atoms with Crippen LogP contribution in [0.1, 0.15) is 206 Å². The van der Waals surface area contributed by atoms with Gasteiger partial charge >= 0.3 is 23.9 Å². The number of carbonyl (C=O) groups excluding carboxylic acids is 4. The van der Waals surface area contributed by atoms with Crippen molar-refractivity contribution in [3.63, 3.8) is 0 Å². The van der Waals surface area contributed by atoms with Gasteiger partial charge in [-0.05, 0) is 161 Å². The molecule has 1 aromatic carbocycles. The van der Waals surface area contributed by atoms with Crippen molar-refractivity contribution in [2.75, 3.05) is 21.2 Å². The maximum Gasteiger partial charge on any atom is 0.345 e. The molecular formula is C60H98N4O11. The van der Waals surface area contributed by atoms with Gasteiger partial charge in [-0.1, -0.05) is 18.6 Å². The number of methoxy groups -OCH3 is 1. The Balaban J connectivity index is 0.000000244. The van der Waals surface area contributed by atoms with Crippen LogP contribution in [-0.4, -0.2) is 142 Å². The second-order valence-electron chi connectivity index (χ2n) is 28.2. The average molecular weight is 1050 g/mol. The van der Waals surface area contributed by atoms with Crippen LogP contribution in [0, 0.1) is 0 Å². The van der Waals surface area contributed by atoms with Gasteiger partial charge in [0.15, 0.2) is 18.0 Å². The van der Waals surface area contributed by atoms with E-state index in [1.807, 2.05) is 12.1 Å². The smallest absolute Gasteiger partial charge is 0.345 e. The van der Waals surface area contributed by atoms with Crippen LogP contribution in [-0.2, 0) is 47.6 Å². The molecule has 0 aromatic heterocycles. The number of benzene rings is 1. The fraction of sp³-hybridized carbons (Fsp3) is 0.800. The number of esters is 4. The second-order valence-corrected chi connectivity index (χ2v) is 28.2. The molecule has 15 heteroatoms. The normalized spacial score (nSPS) is 28.1. The Morgan fingerprint density at radius 3 is 1.17 bits per heavy atom. The third-order valence-corrected chi connectivity index (χ3v) is 17.1. The third-order valence-electron chi connectivity index (χ3n) is 17.1. The predicted molar refractivity (Wildman–Crippen MR) is 292 cm³/mol. The number of carbonyl (C=O) groups is 4. The minimum Gasteiger partial charge on any atom is -0.497 e. The first kappa shape index (κ1) is 60.6. The van der Waals surface area contributed by atoms with Gasteiger partial charge in [-0.2, -0.15) is 0 Å². The van der Waals surface area contributed by atoms with Gasteiger partial charge in [0.05, 0.1) is 7.11 Å². The first-order valence-electron chi connectivity index (χ1n) is 28.0. The Bertz CT molecular complexity index is 2030. The number of hydrogen-bond acceptors (Lipinski definition) is 15. The fourth-order valence-corrected chi connectivity index (χ4v) is 13.8. The van der Waals surface area contributed by atoms with E-state index in [0.717, 1.165) is 44.9 Å². The van der Waals surface area contributed by atoms with E-state index >= 15 is 0 Å². The van der Waals surface area contributed by atoms with Crippen LogP contribution < -0.4 is 15.4 Å². The van der Waals surface area contributed by atoms with E-state index in [-0.39, 0.29) is 80.7 Å². The molecule has 5 aliphatic heterocycles. The molecule has 7 rings (SSSR count). The highest BCUT2D eigenvalue weighted by molar-refractivity contribution is 6.17. The largest absolute Gasteiger partial charge is 0.497 e. The summed E-state index contributed by atoms with van der Waals surface area (Å²) in [7, 11) is 5.81. The molecular weight excluding hydrogens is 953 g/mol. The van der Waals surface area contributed by atoms with Crippen molar-refractivity contribution in [1.29, 1.82) is 0 Å². The zero-order chi connectivity index (χ0) is 56.0. The van der Waals surface area contributed by atoms with Gasteiger partial charge in [-0.3, -0.25) is 9.80 Å². The highest BCUT2D eigenvalue weighted by Crippen LogP contribution is 2.43. The SMILES string of the molecule is CC1(C)CC(OC(=O)C2CC(C(=O)OC3CC(C)(C)NC(C)(C)C3)OC3(CCCCC3)O2)CC(C)(C)N1.COc1ccc(C=C(C(=O)OC2CC(C)(C)N(C)C(C)(C)C2)C(=O)OC2CC(C)(C)N(C)C(C)(C)C2)cc1. The Morgan fingerprint density at radius 1 is 0.507 bits per heavy atom. The lowest BCUT2D eigenvalue weighted by Crippen LogP contribution is -2.61. The predicted octanol–water partition coefficient (Wildman–Crippen LogP) is 9.99. The molecule has 1 saturated carbocycles. The summed E-state index contributed by atoms with van der Waals surface area (Å²) in [6, 6.07) is 7.21. The molecule has 424 valence electrons. The van der Waals surface area contributed by atoms with Crippen LogP contribution in [0.5, 0.6) is 5.75 Å². The Kier molecular flexibility index (Phi) is 18.0. The Labute approximate surface area is 450 Å². The summed E-state index contributed by atoms with van der Waals surface area (Å²) in [5.41, 5.74) is -0.574. The lowest BCUT2D eigenvalue weighted by atomic mass is 9.78. The number of rotatable bonds is 10. The molecule has 2 atom stereocenters. The Hall–Kier alpha value is -3.60. The number of likely N-dealkylation sites (tertiary alicyclic amines) is 2. The maximum absolute atomic E-state index is 13.6. The lowest BCUT2D eigenvalue weighted by molar-refractivity contribution is -0.324. The summed E-state index contributed by atoms with van der Waals surface area (Å²) in [5.74, 6) is -2.30. The first-order valence-corrected chi connectivity index (χ1v) is 28.0. The van der Waals surface area contributed by atoms with Crippen LogP contribution in [0.15, 0.2) is 29.8 Å². The molecule has 1 aromatic rings. The molecule has 0 radical (unpaired) electrons. The molecule has 6 aliphatic rings. The molecule has 5 saturated heterocycles. The summed E-state index contributed by atoms with van der Waals surface area (Å²) >= 11 is 0. The van der Waals surface area contributed by atoms with Crippen LogP contribution in [0.4, 0.5) is 0 Å². The molecule has 0 bridgehead atoms. The van der Waals surface area contributed by atoms with Crippen molar-refractivity contribution in [3.8, 4) is 5.75 Å². The van der Waals surface area contributed by atoms with Crippen LogP contribution in [0.25, 0.3) is 6.08 Å². The number of piperidine rings is 4. The quantitative estimate of drug-likeness (QED) is 0.0748. The maximum atomic E-state index is 13.6. The van der Waals surface area contributed by atoms with E-state index in [1.165, 1.54) is 0 Å². The third kappa shape index (κ3) is 15.8.